The Morgan fingerprint density at radius 2 is 1.93 bits per heavy atom. The quantitative estimate of drug-likeness (QED) is 0.698. The number of rotatable bonds is 3. The van der Waals surface area contributed by atoms with Gasteiger partial charge in [-0.05, 0) is 6.07 Å². The van der Waals surface area contributed by atoms with Crippen LogP contribution in [0.1, 0.15) is 11.7 Å². The first-order chi connectivity index (χ1) is 7.24. The molecule has 1 heterocycles. The van der Waals surface area contributed by atoms with Gasteiger partial charge in [-0.3, -0.25) is 0 Å². The minimum absolute atomic E-state index is 0.485. The molecule has 80 valence electrons. The van der Waals surface area contributed by atoms with Crippen LogP contribution < -0.4 is 0 Å². The number of furan rings is 1. The van der Waals surface area contributed by atoms with Crippen molar-refractivity contribution in [2.45, 2.75) is 12.2 Å². The van der Waals surface area contributed by atoms with Gasteiger partial charge in [0.25, 0.3) is 0 Å². The maximum absolute atomic E-state index is 9.71. The number of aliphatic hydroxyl groups is 3. The molecule has 0 fully saturated rings. The molecule has 0 aliphatic carbocycles. The Kier molecular flexibility index (Phi) is 2.73. The largest absolute Gasteiger partial charge is 0.464 e. The molecule has 0 radical (unpaired) electrons. The second kappa shape index (κ2) is 4.02. The molecule has 0 bridgehead atoms. The molecule has 2 atom stereocenters. The van der Waals surface area contributed by atoms with Crippen LogP contribution in [0, 0.1) is 0 Å². The first kappa shape index (κ1) is 10.2. The van der Waals surface area contributed by atoms with E-state index < -0.39 is 18.8 Å². The van der Waals surface area contributed by atoms with Crippen molar-refractivity contribution in [1.29, 1.82) is 0 Å². The van der Waals surface area contributed by atoms with Gasteiger partial charge in [0.1, 0.15) is 17.8 Å². The number of benzene rings is 1. The van der Waals surface area contributed by atoms with Gasteiger partial charge in [-0.25, -0.2) is 0 Å². The van der Waals surface area contributed by atoms with Crippen molar-refractivity contribution in [1.82, 2.24) is 0 Å². The van der Waals surface area contributed by atoms with Crippen LogP contribution in [0.5, 0.6) is 0 Å². The number of hydrogen-bond donors (Lipinski definition) is 3. The Labute approximate surface area is 86.4 Å². The van der Waals surface area contributed by atoms with Crippen molar-refractivity contribution >= 4 is 11.0 Å². The standard InChI is InChI=1S/C11H12O4/c12-5-9(13)11(14)8-6-15-10-4-2-1-3-7(8)10/h1-4,6,9,11-14H,5H2. The van der Waals surface area contributed by atoms with Crippen molar-refractivity contribution in [2.24, 2.45) is 0 Å². The summed E-state index contributed by atoms with van der Waals surface area (Å²) in [6, 6.07) is 7.21. The third-order valence-corrected chi connectivity index (χ3v) is 2.38. The molecule has 2 rings (SSSR count). The molecule has 15 heavy (non-hydrogen) atoms. The van der Waals surface area contributed by atoms with Gasteiger partial charge in [0.2, 0.25) is 0 Å². The summed E-state index contributed by atoms with van der Waals surface area (Å²) in [4.78, 5) is 0. The van der Waals surface area contributed by atoms with Gasteiger partial charge in [-0.15, -0.1) is 0 Å². The van der Waals surface area contributed by atoms with E-state index in [2.05, 4.69) is 0 Å². The van der Waals surface area contributed by atoms with Gasteiger partial charge in [0, 0.05) is 10.9 Å². The minimum Gasteiger partial charge on any atom is -0.464 e. The maximum Gasteiger partial charge on any atom is 0.134 e. The lowest BCUT2D eigenvalue weighted by Gasteiger charge is -2.13. The summed E-state index contributed by atoms with van der Waals surface area (Å²) in [5.74, 6) is 0. The predicted molar refractivity (Wildman–Crippen MR) is 54.3 cm³/mol. The number of aliphatic hydroxyl groups excluding tert-OH is 3. The summed E-state index contributed by atoms with van der Waals surface area (Å²) in [6.45, 7) is -0.485. The van der Waals surface area contributed by atoms with E-state index in [4.69, 9.17) is 9.52 Å². The van der Waals surface area contributed by atoms with Crippen LogP contribution >= 0.6 is 0 Å². The summed E-state index contributed by atoms with van der Waals surface area (Å²) in [5.41, 5.74) is 1.14. The fraction of sp³-hybridized carbons (Fsp3) is 0.273. The molecule has 4 heteroatoms. The van der Waals surface area contributed by atoms with Gasteiger partial charge in [0.15, 0.2) is 0 Å². The molecule has 0 saturated carbocycles. The molecule has 0 aliphatic rings. The Balaban J connectivity index is 2.43. The maximum atomic E-state index is 9.71. The Morgan fingerprint density at radius 1 is 1.20 bits per heavy atom. The van der Waals surface area contributed by atoms with E-state index in [9.17, 15) is 10.2 Å². The van der Waals surface area contributed by atoms with E-state index >= 15 is 0 Å². The molecular formula is C11H12O4. The highest BCUT2D eigenvalue weighted by Gasteiger charge is 2.21. The summed E-state index contributed by atoms with van der Waals surface area (Å²) >= 11 is 0. The van der Waals surface area contributed by atoms with Gasteiger partial charge in [-0.2, -0.15) is 0 Å². The zero-order chi connectivity index (χ0) is 10.8. The van der Waals surface area contributed by atoms with Gasteiger partial charge < -0.3 is 19.7 Å². The molecule has 2 unspecified atom stereocenters. The molecule has 0 aliphatic heterocycles. The second-order valence-corrected chi connectivity index (χ2v) is 3.38. The first-order valence-electron chi connectivity index (χ1n) is 4.67. The van der Waals surface area contributed by atoms with E-state index in [1.54, 1.807) is 12.1 Å². The molecule has 3 N–H and O–H groups in total. The fourth-order valence-electron chi connectivity index (χ4n) is 1.53. The van der Waals surface area contributed by atoms with Crippen LogP contribution in [0.3, 0.4) is 0 Å². The van der Waals surface area contributed by atoms with Crippen molar-refractivity contribution in [3.63, 3.8) is 0 Å². The third kappa shape index (κ3) is 1.74. The van der Waals surface area contributed by atoms with Crippen LogP contribution in [-0.2, 0) is 0 Å². The van der Waals surface area contributed by atoms with Gasteiger partial charge in [-0.1, -0.05) is 18.2 Å². The topological polar surface area (TPSA) is 73.8 Å². The Morgan fingerprint density at radius 3 is 2.67 bits per heavy atom. The second-order valence-electron chi connectivity index (χ2n) is 3.38. The summed E-state index contributed by atoms with van der Waals surface area (Å²) in [6.07, 6.45) is -0.918. The van der Waals surface area contributed by atoms with Crippen molar-refractivity contribution in [3.8, 4) is 0 Å². The van der Waals surface area contributed by atoms with Crippen LogP contribution in [-0.4, -0.2) is 28.0 Å². The van der Waals surface area contributed by atoms with E-state index in [0.29, 0.717) is 11.1 Å². The van der Waals surface area contributed by atoms with Crippen molar-refractivity contribution < 1.29 is 19.7 Å². The number of fused-ring (bicyclic) bond motifs is 1. The van der Waals surface area contributed by atoms with Crippen molar-refractivity contribution in [2.75, 3.05) is 6.61 Å². The zero-order valence-corrected chi connectivity index (χ0v) is 8.00. The van der Waals surface area contributed by atoms with Crippen LogP contribution in [0.25, 0.3) is 11.0 Å². The minimum atomic E-state index is -1.19. The first-order valence-corrected chi connectivity index (χ1v) is 4.67. The van der Waals surface area contributed by atoms with Gasteiger partial charge >= 0.3 is 0 Å². The summed E-state index contributed by atoms with van der Waals surface area (Å²) in [5, 5.41) is 28.5. The molecule has 0 amide bonds. The molecule has 1 aromatic carbocycles. The van der Waals surface area contributed by atoms with Crippen LogP contribution in [0.4, 0.5) is 0 Å². The summed E-state index contributed by atoms with van der Waals surface area (Å²) in [7, 11) is 0. The van der Waals surface area contributed by atoms with Crippen LogP contribution in [0.2, 0.25) is 0 Å². The molecule has 0 spiro atoms. The lowest BCUT2D eigenvalue weighted by Crippen LogP contribution is -2.21. The Hall–Kier alpha value is -1.36. The Bertz CT molecular complexity index is 449. The molecule has 4 nitrogen and oxygen atoms in total. The number of para-hydroxylation sites is 1. The van der Waals surface area contributed by atoms with Crippen molar-refractivity contribution in [3.05, 3.63) is 36.1 Å². The summed E-state index contributed by atoms with van der Waals surface area (Å²) < 4.78 is 5.21. The number of hydrogen-bond acceptors (Lipinski definition) is 4. The lowest BCUT2D eigenvalue weighted by atomic mass is 10.0. The lowest BCUT2D eigenvalue weighted by molar-refractivity contribution is -0.0149. The van der Waals surface area contributed by atoms with Gasteiger partial charge in [0.05, 0.1) is 12.9 Å². The SMILES string of the molecule is OCC(O)C(O)c1coc2ccccc12. The fourth-order valence-corrected chi connectivity index (χ4v) is 1.53. The highest BCUT2D eigenvalue weighted by Crippen LogP contribution is 2.27. The average Bonchev–Trinajstić information content (AvgIpc) is 2.70. The average molecular weight is 208 g/mol. The molecule has 0 saturated heterocycles. The highest BCUT2D eigenvalue weighted by molar-refractivity contribution is 5.81. The monoisotopic (exact) mass is 208 g/mol. The highest BCUT2D eigenvalue weighted by atomic mass is 16.4. The van der Waals surface area contributed by atoms with Crippen LogP contribution in [0.15, 0.2) is 34.9 Å². The van der Waals surface area contributed by atoms with E-state index in [1.165, 1.54) is 6.26 Å². The third-order valence-electron chi connectivity index (χ3n) is 2.38. The smallest absolute Gasteiger partial charge is 0.134 e. The molecular weight excluding hydrogens is 196 g/mol. The molecule has 2 aromatic rings. The van der Waals surface area contributed by atoms with E-state index in [0.717, 1.165) is 5.39 Å². The normalized spacial score (nSPS) is 15.4. The van der Waals surface area contributed by atoms with E-state index in [-0.39, 0.29) is 0 Å². The zero-order valence-electron chi connectivity index (χ0n) is 8.00. The molecule has 1 aromatic heterocycles. The van der Waals surface area contributed by atoms with E-state index in [1.807, 2.05) is 12.1 Å². The predicted octanol–water partition coefficient (Wildman–Crippen LogP) is 0.819.